The maximum atomic E-state index is 2.64. The minimum absolute atomic E-state index is 0.743. The van der Waals surface area contributed by atoms with Gasteiger partial charge >= 0.3 is 0 Å². The van der Waals surface area contributed by atoms with Gasteiger partial charge in [-0.25, -0.2) is 0 Å². The van der Waals surface area contributed by atoms with E-state index in [1.807, 2.05) is 0 Å². The van der Waals surface area contributed by atoms with Crippen LogP contribution in [0.15, 0.2) is 0 Å². The van der Waals surface area contributed by atoms with Crippen LogP contribution in [-0.4, -0.2) is 22.5 Å². The van der Waals surface area contributed by atoms with Crippen molar-refractivity contribution >= 4 is 16.5 Å². The topological polar surface area (TPSA) is 3.24 Å². The molecule has 1 rings (SSSR count). The first-order valence-corrected chi connectivity index (χ1v) is 7.07. The van der Waals surface area contributed by atoms with Gasteiger partial charge in [0.2, 0.25) is 0 Å². The zero-order valence-electron chi connectivity index (χ0n) is 7.18. The number of hydrogen-bond acceptors (Lipinski definition) is 1. The highest BCUT2D eigenvalue weighted by atomic mass is 32.1. The first-order valence-electron chi connectivity index (χ1n) is 3.91. The van der Waals surface area contributed by atoms with Gasteiger partial charge in [-0.05, 0) is 27.7 Å². The van der Waals surface area contributed by atoms with Gasteiger partial charge in [-0.3, -0.25) is 4.90 Å². The fourth-order valence-corrected chi connectivity index (χ4v) is 4.06. The highest BCUT2D eigenvalue weighted by Gasteiger charge is 2.32. The molecule has 0 radical (unpaired) electrons. The molecule has 1 aliphatic rings. The van der Waals surface area contributed by atoms with E-state index in [4.69, 9.17) is 0 Å². The van der Waals surface area contributed by atoms with Gasteiger partial charge in [0.15, 0.2) is 0 Å². The molecule has 1 nitrogen and oxygen atoms in total. The van der Waals surface area contributed by atoms with Crippen LogP contribution in [0.1, 0.15) is 27.7 Å². The van der Waals surface area contributed by atoms with E-state index in [1.54, 1.807) is 0 Å². The summed E-state index contributed by atoms with van der Waals surface area (Å²) in [6.45, 7) is 9.20. The molecule has 2 atom stereocenters. The predicted octanol–water partition coefficient (Wildman–Crippen LogP) is 2.67. The van der Waals surface area contributed by atoms with Crippen LogP contribution in [0.3, 0.4) is 0 Å². The summed E-state index contributed by atoms with van der Waals surface area (Å²) in [4.78, 5) is 2.64. The standard InChI is InChI=1S/C7H17NP2/c1-5(2)8(6(3)4)7-9-10-7/h5-7,9-10H,1-4H3. The van der Waals surface area contributed by atoms with Crippen LogP contribution in [0.25, 0.3) is 0 Å². The molecule has 0 saturated carbocycles. The molecule has 0 amide bonds. The fourth-order valence-electron chi connectivity index (χ4n) is 1.38. The Kier molecular flexibility index (Phi) is 3.10. The van der Waals surface area contributed by atoms with E-state index in [0.717, 1.165) is 17.6 Å². The Morgan fingerprint density at radius 3 is 1.50 bits per heavy atom. The zero-order valence-corrected chi connectivity index (χ0v) is 9.18. The summed E-state index contributed by atoms with van der Waals surface area (Å²) >= 11 is 0. The Morgan fingerprint density at radius 1 is 1.00 bits per heavy atom. The van der Waals surface area contributed by atoms with Crippen molar-refractivity contribution in [1.82, 2.24) is 4.90 Å². The van der Waals surface area contributed by atoms with Gasteiger partial charge in [-0.2, -0.15) is 0 Å². The quantitative estimate of drug-likeness (QED) is 0.599. The van der Waals surface area contributed by atoms with Crippen molar-refractivity contribution in [2.75, 3.05) is 0 Å². The maximum Gasteiger partial charge on any atom is 0.0517 e. The molecule has 0 aromatic heterocycles. The molecule has 0 aromatic carbocycles. The van der Waals surface area contributed by atoms with Crippen molar-refractivity contribution in [2.45, 2.75) is 45.3 Å². The lowest BCUT2D eigenvalue weighted by Gasteiger charge is -2.29. The van der Waals surface area contributed by atoms with Crippen molar-refractivity contribution in [3.63, 3.8) is 0 Å². The van der Waals surface area contributed by atoms with E-state index < -0.39 is 0 Å². The third-order valence-corrected chi connectivity index (χ3v) is 4.55. The second kappa shape index (κ2) is 3.48. The lowest BCUT2D eigenvalue weighted by Crippen LogP contribution is -2.37. The van der Waals surface area contributed by atoms with Crippen molar-refractivity contribution in [2.24, 2.45) is 0 Å². The number of nitrogens with zero attached hydrogens (tertiary/aromatic N) is 1. The highest BCUT2D eigenvalue weighted by Crippen LogP contribution is 2.69. The predicted molar refractivity (Wildman–Crippen MR) is 52.5 cm³/mol. The van der Waals surface area contributed by atoms with Gasteiger partial charge in [0.05, 0.1) is 5.52 Å². The first kappa shape index (κ1) is 8.91. The van der Waals surface area contributed by atoms with E-state index in [9.17, 15) is 0 Å². The van der Waals surface area contributed by atoms with Crippen LogP contribution in [0, 0.1) is 0 Å². The monoisotopic (exact) mass is 177 g/mol. The molecule has 10 heavy (non-hydrogen) atoms. The van der Waals surface area contributed by atoms with Gasteiger partial charge in [0.25, 0.3) is 0 Å². The molecule has 2 unspecified atom stereocenters. The number of rotatable bonds is 3. The molecule has 1 aliphatic heterocycles. The smallest absolute Gasteiger partial charge is 0.0517 e. The molecule has 0 bridgehead atoms. The van der Waals surface area contributed by atoms with Crippen molar-refractivity contribution in [1.29, 1.82) is 0 Å². The molecule has 3 heteroatoms. The van der Waals surface area contributed by atoms with Crippen LogP contribution < -0.4 is 0 Å². The molecule has 1 fully saturated rings. The van der Waals surface area contributed by atoms with Crippen LogP contribution in [0.2, 0.25) is 0 Å². The third-order valence-electron chi connectivity index (χ3n) is 1.76. The van der Waals surface area contributed by atoms with Crippen LogP contribution in [-0.2, 0) is 0 Å². The van der Waals surface area contributed by atoms with E-state index >= 15 is 0 Å². The lowest BCUT2D eigenvalue weighted by atomic mass is 10.2. The normalized spacial score (nSPS) is 29.7. The summed E-state index contributed by atoms with van der Waals surface area (Å²) in [5.74, 6) is 0. The zero-order chi connectivity index (χ0) is 7.72. The minimum atomic E-state index is 0.743. The second-order valence-electron chi connectivity index (χ2n) is 3.33. The van der Waals surface area contributed by atoms with Gasteiger partial charge in [-0.15, -0.1) is 0 Å². The van der Waals surface area contributed by atoms with Crippen LogP contribution in [0.4, 0.5) is 0 Å². The Morgan fingerprint density at radius 2 is 1.40 bits per heavy atom. The van der Waals surface area contributed by atoms with E-state index in [2.05, 4.69) is 32.6 Å². The molecular weight excluding hydrogens is 160 g/mol. The van der Waals surface area contributed by atoms with Crippen LogP contribution >= 0.6 is 16.5 Å². The van der Waals surface area contributed by atoms with Crippen LogP contribution in [0.5, 0.6) is 0 Å². The van der Waals surface area contributed by atoms with E-state index in [-0.39, 0.29) is 0 Å². The maximum absolute atomic E-state index is 2.64. The third kappa shape index (κ3) is 2.16. The molecule has 0 spiro atoms. The van der Waals surface area contributed by atoms with E-state index in [1.165, 1.54) is 16.5 Å². The minimum Gasteiger partial charge on any atom is -0.288 e. The molecule has 0 aliphatic carbocycles. The average molecular weight is 177 g/mol. The Bertz CT molecular complexity index is 99.4. The van der Waals surface area contributed by atoms with Gasteiger partial charge in [0, 0.05) is 12.1 Å². The van der Waals surface area contributed by atoms with Crippen molar-refractivity contribution < 1.29 is 0 Å². The molecule has 0 aromatic rings. The molecular formula is C7H17NP2. The molecule has 0 N–H and O–H groups in total. The summed E-state index contributed by atoms with van der Waals surface area (Å²) < 4.78 is 0. The Hall–Kier alpha value is 0.820. The molecule has 1 saturated heterocycles. The summed E-state index contributed by atoms with van der Waals surface area (Å²) in [5, 5.41) is 0. The fraction of sp³-hybridized carbons (Fsp3) is 1.00. The Labute approximate surface area is 67.4 Å². The highest BCUT2D eigenvalue weighted by molar-refractivity contribution is 8.29. The summed E-state index contributed by atoms with van der Waals surface area (Å²) in [5.41, 5.74) is 0.972. The largest absolute Gasteiger partial charge is 0.288 e. The van der Waals surface area contributed by atoms with E-state index in [0.29, 0.717) is 0 Å². The van der Waals surface area contributed by atoms with Gasteiger partial charge in [0.1, 0.15) is 0 Å². The summed E-state index contributed by atoms with van der Waals surface area (Å²) in [6, 6.07) is 1.49. The van der Waals surface area contributed by atoms with Crippen molar-refractivity contribution in [3.05, 3.63) is 0 Å². The first-order chi connectivity index (χ1) is 4.63. The van der Waals surface area contributed by atoms with Gasteiger partial charge < -0.3 is 0 Å². The summed E-state index contributed by atoms with van der Waals surface area (Å²) in [7, 11) is 2.49. The summed E-state index contributed by atoms with van der Waals surface area (Å²) in [6.07, 6.45) is 0. The Balaban J connectivity index is 2.41. The van der Waals surface area contributed by atoms with Gasteiger partial charge in [-0.1, -0.05) is 16.5 Å². The molecule has 1 heterocycles. The molecule has 60 valence electrons. The van der Waals surface area contributed by atoms with Crippen molar-refractivity contribution in [3.8, 4) is 0 Å². The SMILES string of the molecule is CC(C)N(C(C)C)C1PP1. The average Bonchev–Trinajstić information content (AvgIpc) is 2.46. The number of hydrogen-bond donors (Lipinski definition) is 0. The second-order valence-corrected chi connectivity index (χ2v) is 7.31. The lowest BCUT2D eigenvalue weighted by molar-refractivity contribution is 0.199.